The predicted molar refractivity (Wildman–Crippen MR) is 55.2 cm³/mol. The van der Waals surface area contributed by atoms with Gasteiger partial charge in [0.25, 0.3) is 0 Å². The van der Waals surface area contributed by atoms with Crippen LogP contribution in [0.2, 0.25) is 0 Å². The Morgan fingerprint density at radius 1 is 1.53 bits per heavy atom. The van der Waals surface area contributed by atoms with Crippen LogP contribution in [0.4, 0.5) is 0 Å². The van der Waals surface area contributed by atoms with Gasteiger partial charge in [0.05, 0.1) is 6.61 Å². The zero-order valence-electron chi connectivity index (χ0n) is 8.77. The van der Waals surface area contributed by atoms with Gasteiger partial charge in [-0.2, -0.15) is 0 Å². The first-order chi connectivity index (χ1) is 7.24. The summed E-state index contributed by atoms with van der Waals surface area (Å²) in [4.78, 5) is 12.3. The summed E-state index contributed by atoms with van der Waals surface area (Å²) in [6, 6.07) is 0. The highest BCUT2D eigenvalue weighted by Gasteiger charge is 2.68. The Balaban J connectivity index is 1.91. The molecule has 0 amide bonds. The lowest BCUT2D eigenvalue weighted by molar-refractivity contribution is -0.136. The maximum Gasteiger partial charge on any atom is 0.175 e. The Bertz CT molecular complexity index is 414. The number of hydrogen-bond donors (Lipinski definition) is 0. The van der Waals surface area contributed by atoms with Crippen LogP contribution >= 0.6 is 0 Å². The highest BCUT2D eigenvalue weighted by Crippen LogP contribution is 2.60. The molecule has 2 heteroatoms. The molecule has 2 nitrogen and oxygen atoms in total. The minimum absolute atomic E-state index is 0.112. The summed E-state index contributed by atoms with van der Waals surface area (Å²) < 4.78 is 5.54. The molecule has 5 atom stereocenters. The first-order valence-corrected chi connectivity index (χ1v) is 5.77. The van der Waals surface area contributed by atoms with Crippen molar-refractivity contribution in [2.45, 2.75) is 18.9 Å². The Labute approximate surface area is 89.0 Å². The quantitative estimate of drug-likeness (QED) is 0.442. The summed E-state index contributed by atoms with van der Waals surface area (Å²) in [5, 5.41) is 0. The van der Waals surface area contributed by atoms with Crippen molar-refractivity contribution < 1.29 is 9.53 Å². The average molecular weight is 202 g/mol. The largest absolute Gasteiger partial charge is 0.361 e. The Morgan fingerprint density at radius 2 is 2.33 bits per heavy atom. The first kappa shape index (κ1) is 8.28. The van der Waals surface area contributed by atoms with Gasteiger partial charge in [0.1, 0.15) is 0 Å². The van der Waals surface area contributed by atoms with Gasteiger partial charge < -0.3 is 4.74 Å². The van der Waals surface area contributed by atoms with E-state index < -0.39 is 0 Å². The molecule has 0 radical (unpaired) electrons. The molecular formula is C13H14O2. The fourth-order valence-corrected chi connectivity index (χ4v) is 4.07. The van der Waals surface area contributed by atoms with Gasteiger partial charge in [0, 0.05) is 11.8 Å². The molecule has 2 bridgehead atoms. The van der Waals surface area contributed by atoms with Crippen LogP contribution in [0, 0.1) is 23.7 Å². The number of Topliss-reactive ketones (excluding diaryl/α,β-unsaturated/α-hetero) is 1. The molecule has 0 aromatic heterocycles. The molecule has 0 aromatic carbocycles. The number of ether oxygens (including phenoxy) is 1. The van der Waals surface area contributed by atoms with Crippen molar-refractivity contribution in [3.63, 3.8) is 0 Å². The van der Waals surface area contributed by atoms with Crippen LogP contribution in [-0.2, 0) is 9.53 Å². The SMILES string of the molecule is CC1=C[C@@H]2C(=O)C3(CO3)[C@H]1[C@@H]1CC=C[C@@H]12. The molecule has 1 saturated heterocycles. The minimum Gasteiger partial charge on any atom is -0.361 e. The van der Waals surface area contributed by atoms with E-state index in [9.17, 15) is 4.79 Å². The van der Waals surface area contributed by atoms with Gasteiger partial charge in [0.15, 0.2) is 11.4 Å². The highest BCUT2D eigenvalue weighted by molar-refractivity contribution is 5.97. The van der Waals surface area contributed by atoms with Crippen LogP contribution in [-0.4, -0.2) is 18.0 Å². The number of hydrogen-bond acceptors (Lipinski definition) is 2. The molecule has 1 unspecified atom stereocenters. The number of ketones is 1. The van der Waals surface area contributed by atoms with Crippen molar-refractivity contribution in [3.8, 4) is 0 Å². The third-order valence-electron chi connectivity index (χ3n) is 4.71. The van der Waals surface area contributed by atoms with Crippen LogP contribution in [0.25, 0.3) is 0 Å². The van der Waals surface area contributed by atoms with Crippen LogP contribution in [0.3, 0.4) is 0 Å². The molecule has 1 saturated carbocycles. The molecule has 15 heavy (non-hydrogen) atoms. The van der Waals surface area contributed by atoms with E-state index in [1.807, 2.05) is 0 Å². The second kappa shape index (κ2) is 2.27. The molecule has 4 aliphatic carbocycles. The van der Waals surface area contributed by atoms with Crippen LogP contribution in [0.1, 0.15) is 13.3 Å². The van der Waals surface area contributed by atoms with E-state index >= 15 is 0 Å². The summed E-state index contributed by atoms with van der Waals surface area (Å²) >= 11 is 0. The van der Waals surface area contributed by atoms with Gasteiger partial charge >= 0.3 is 0 Å². The standard InChI is InChI=1S/C13H14O2/c1-7-5-10-8-3-2-4-9(8)11(7)13(6-15-13)12(10)14/h2-3,5,8-11H,4,6H2,1H3/t8-,9+,10-,11+,13?/m0/s1. The molecule has 2 fully saturated rings. The van der Waals surface area contributed by atoms with Gasteiger partial charge in [-0.1, -0.05) is 23.8 Å². The van der Waals surface area contributed by atoms with E-state index in [-0.39, 0.29) is 11.5 Å². The van der Waals surface area contributed by atoms with Crippen molar-refractivity contribution in [3.05, 3.63) is 23.8 Å². The van der Waals surface area contributed by atoms with E-state index in [1.54, 1.807) is 0 Å². The second-order valence-electron chi connectivity index (χ2n) is 5.36. The fraction of sp³-hybridized carbons (Fsp3) is 0.615. The maximum absolute atomic E-state index is 12.3. The third-order valence-corrected chi connectivity index (χ3v) is 4.71. The molecule has 1 heterocycles. The number of epoxide rings is 1. The number of allylic oxidation sites excluding steroid dienone is 3. The average Bonchev–Trinajstić information content (AvgIpc) is 2.82. The van der Waals surface area contributed by atoms with Crippen LogP contribution in [0.5, 0.6) is 0 Å². The zero-order valence-corrected chi connectivity index (χ0v) is 8.77. The van der Waals surface area contributed by atoms with Gasteiger partial charge in [0.2, 0.25) is 0 Å². The third kappa shape index (κ3) is 0.761. The summed E-state index contributed by atoms with van der Waals surface area (Å²) in [5.41, 5.74) is 1.01. The van der Waals surface area contributed by atoms with Gasteiger partial charge in [-0.3, -0.25) is 4.79 Å². The smallest absolute Gasteiger partial charge is 0.175 e. The molecule has 1 aliphatic heterocycles. The van der Waals surface area contributed by atoms with E-state index in [0.717, 1.165) is 6.42 Å². The molecule has 78 valence electrons. The lowest BCUT2D eigenvalue weighted by Crippen LogP contribution is -2.54. The summed E-state index contributed by atoms with van der Waals surface area (Å²) in [7, 11) is 0. The van der Waals surface area contributed by atoms with Gasteiger partial charge in [-0.05, 0) is 25.2 Å². The lowest BCUT2D eigenvalue weighted by atomic mass is 9.55. The number of rotatable bonds is 0. The minimum atomic E-state index is -0.378. The topological polar surface area (TPSA) is 29.6 Å². The van der Waals surface area contributed by atoms with Crippen molar-refractivity contribution in [2.75, 3.05) is 6.61 Å². The summed E-state index contributed by atoms with van der Waals surface area (Å²) in [6.07, 6.45) is 7.82. The van der Waals surface area contributed by atoms with E-state index in [0.29, 0.717) is 30.1 Å². The Hall–Kier alpha value is -0.890. The summed E-state index contributed by atoms with van der Waals surface area (Å²) in [5.74, 6) is 1.95. The molecule has 0 N–H and O–H groups in total. The highest BCUT2D eigenvalue weighted by atomic mass is 16.6. The van der Waals surface area contributed by atoms with E-state index in [4.69, 9.17) is 4.74 Å². The van der Waals surface area contributed by atoms with Crippen molar-refractivity contribution in [1.82, 2.24) is 0 Å². The maximum atomic E-state index is 12.3. The van der Waals surface area contributed by atoms with Crippen molar-refractivity contribution in [2.24, 2.45) is 23.7 Å². The van der Waals surface area contributed by atoms with Gasteiger partial charge in [-0.15, -0.1) is 0 Å². The number of carbonyl (C=O) groups excluding carboxylic acids is 1. The Kier molecular flexibility index (Phi) is 1.25. The lowest BCUT2D eigenvalue weighted by Gasteiger charge is -2.46. The molecule has 5 rings (SSSR count). The monoisotopic (exact) mass is 202 g/mol. The van der Waals surface area contributed by atoms with Crippen molar-refractivity contribution >= 4 is 5.78 Å². The van der Waals surface area contributed by atoms with Crippen LogP contribution < -0.4 is 0 Å². The second-order valence-corrected chi connectivity index (χ2v) is 5.36. The van der Waals surface area contributed by atoms with Crippen LogP contribution in [0.15, 0.2) is 23.8 Å². The Morgan fingerprint density at radius 3 is 3.07 bits per heavy atom. The summed E-state index contributed by atoms with van der Waals surface area (Å²) in [6.45, 7) is 2.84. The van der Waals surface area contributed by atoms with E-state index in [2.05, 4.69) is 25.2 Å². The zero-order chi connectivity index (χ0) is 10.2. The molecule has 0 aromatic rings. The molecule has 1 spiro atoms. The van der Waals surface area contributed by atoms with Crippen molar-refractivity contribution in [1.29, 1.82) is 0 Å². The normalized spacial score (nSPS) is 54.7. The van der Waals surface area contributed by atoms with Gasteiger partial charge in [-0.25, -0.2) is 0 Å². The number of carbonyl (C=O) groups is 1. The van der Waals surface area contributed by atoms with E-state index in [1.165, 1.54) is 5.57 Å². The molecular weight excluding hydrogens is 188 g/mol. The predicted octanol–water partition coefficient (Wildman–Crippen LogP) is 1.72. The molecule has 5 aliphatic rings. The fourth-order valence-electron chi connectivity index (χ4n) is 4.07. The first-order valence-electron chi connectivity index (χ1n) is 5.77.